The quantitative estimate of drug-likeness (QED) is 0.686. The van der Waals surface area contributed by atoms with Crippen molar-refractivity contribution in [3.63, 3.8) is 0 Å². The molecule has 3 N–H and O–H groups in total. The molecular weight excluding hydrogens is 382 g/mol. The third-order valence-electron chi connectivity index (χ3n) is 6.67. The van der Waals surface area contributed by atoms with Crippen molar-refractivity contribution in [3.05, 3.63) is 34.2 Å². The molecule has 2 saturated heterocycles. The van der Waals surface area contributed by atoms with Gasteiger partial charge in [-0.1, -0.05) is 6.07 Å². The lowest BCUT2D eigenvalue weighted by molar-refractivity contribution is -0.135. The minimum atomic E-state index is -0.636. The molecule has 8 nitrogen and oxygen atoms in total. The molecule has 2 aromatic rings. The molecule has 162 valence electrons. The largest absolute Gasteiger partial charge is 0.329 e. The van der Waals surface area contributed by atoms with Crippen molar-refractivity contribution in [2.75, 3.05) is 26.2 Å². The van der Waals surface area contributed by atoms with Gasteiger partial charge in [0.15, 0.2) is 0 Å². The van der Waals surface area contributed by atoms with Gasteiger partial charge >= 0.3 is 5.69 Å². The maximum absolute atomic E-state index is 12.9. The Balaban J connectivity index is 1.49. The molecule has 4 rings (SSSR count). The summed E-state index contributed by atoms with van der Waals surface area (Å²) in [6.07, 6.45) is 5.16. The van der Waals surface area contributed by atoms with Gasteiger partial charge in [-0.15, -0.1) is 0 Å². The third kappa shape index (κ3) is 4.06. The zero-order chi connectivity index (χ0) is 21.3. The van der Waals surface area contributed by atoms with Gasteiger partial charge in [0.2, 0.25) is 11.8 Å². The molecule has 0 spiro atoms. The molecule has 1 aromatic heterocycles. The lowest BCUT2D eigenvalue weighted by Gasteiger charge is -2.31. The fraction of sp³-hybridized carbons (Fsp3) is 0.591. The molecule has 0 aliphatic carbocycles. The number of rotatable bonds is 6. The maximum atomic E-state index is 12.9. The molecule has 1 aromatic carbocycles. The van der Waals surface area contributed by atoms with E-state index in [2.05, 4.69) is 22.3 Å². The van der Waals surface area contributed by atoms with E-state index in [1.807, 2.05) is 6.07 Å². The lowest BCUT2D eigenvalue weighted by Crippen LogP contribution is -2.44. The van der Waals surface area contributed by atoms with E-state index >= 15 is 0 Å². The predicted molar refractivity (Wildman–Crippen MR) is 115 cm³/mol. The van der Waals surface area contributed by atoms with Gasteiger partial charge in [0.05, 0.1) is 11.0 Å². The van der Waals surface area contributed by atoms with Gasteiger partial charge in [0, 0.05) is 26.6 Å². The third-order valence-corrected chi connectivity index (χ3v) is 6.67. The Hall–Kier alpha value is -2.45. The van der Waals surface area contributed by atoms with Crippen LogP contribution in [0.25, 0.3) is 11.0 Å². The van der Waals surface area contributed by atoms with Crippen molar-refractivity contribution in [2.24, 2.45) is 18.7 Å². The summed E-state index contributed by atoms with van der Waals surface area (Å²) >= 11 is 0. The number of nitrogens with one attached hydrogen (secondary N) is 1. The molecule has 3 heterocycles. The van der Waals surface area contributed by atoms with Crippen LogP contribution >= 0.6 is 0 Å². The van der Waals surface area contributed by atoms with Crippen LogP contribution in [0.1, 0.15) is 43.7 Å². The lowest BCUT2D eigenvalue weighted by atomic mass is 9.90. The topological polar surface area (TPSA) is 102 Å². The van der Waals surface area contributed by atoms with Crippen molar-refractivity contribution in [1.82, 2.24) is 19.4 Å². The average Bonchev–Trinajstić information content (AvgIpc) is 2.98. The van der Waals surface area contributed by atoms with Gasteiger partial charge in [0.1, 0.15) is 6.04 Å². The number of aromatic nitrogens is 2. The van der Waals surface area contributed by atoms with Crippen LogP contribution in [0, 0.1) is 5.92 Å². The first-order chi connectivity index (χ1) is 14.5. The van der Waals surface area contributed by atoms with E-state index < -0.39 is 11.9 Å². The Morgan fingerprint density at radius 2 is 1.87 bits per heavy atom. The number of aryl methyl sites for hydroxylation is 2. The second-order valence-corrected chi connectivity index (χ2v) is 8.61. The number of nitrogens with two attached hydrogens (primary N) is 1. The van der Waals surface area contributed by atoms with Crippen LogP contribution in [0.2, 0.25) is 0 Å². The normalized spacial score (nSPS) is 21.3. The summed E-state index contributed by atoms with van der Waals surface area (Å²) in [4.78, 5) is 39.1. The highest BCUT2D eigenvalue weighted by molar-refractivity contribution is 6.00. The van der Waals surface area contributed by atoms with Crippen LogP contribution < -0.4 is 16.7 Å². The van der Waals surface area contributed by atoms with Gasteiger partial charge in [-0.05, 0) is 68.8 Å². The number of imide groups is 1. The van der Waals surface area contributed by atoms with Crippen LogP contribution in [-0.4, -0.2) is 52.0 Å². The number of carbonyl (C=O) groups is 2. The first-order valence-corrected chi connectivity index (χ1v) is 10.9. The van der Waals surface area contributed by atoms with Gasteiger partial charge in [-0.3, -0.25) is 24.0 Å². The number of carbonyl (C=O) groups excluding carboxylic acids is 2. The summed E-state index contributed by atoms with van der Waals surface area (Å²) < 4.78 is 3.14. The average molecular weight is 414 g/mol. The van der Waals surface area contributed by atoms with Crippen molar-refractivity contribution in [1.29, 1.82) is 0 Å². The van der Waals surface area contributed by atoms with E-state index in [0.717, 1.165) is 56.0 Å². The fourth-order valence-corrected chi connectivity index (χ4v) is 4.85. The molecular formula is C22H31N5O3. The molecule has 0 bridgehead atoms. The highest BCUT2D eigenvalue weighted by Gasteiger charge is 2.31. The second kappa shape index (κ2) is 8.73. The molecule has 0 saturated carbocycles. The van der Waals surface area contributed by atoms with E-state index in [1.165, 1.54) is 23.0 Å². The first kappa shape index (κ1) is 20.8. The number of nitrogens with zero attached hydrogens (tertiary/aromatic N) is 3. The molecule has 30 heavy (non-hydrogen) atoms. The molecule has 1 atom stereocenters. The summed E-state index contributed by atoms with van der Waals surface area (Å²) in [6, 6.07) is 5.44. The minimum absolute atomic E-state index is 0.219. The Bertz CT molecular complexity index is 1000. The molecule has 0 radical (unpaired) electrons. The van der Waals surface area contributed by atoms with Crippen molar-refractivity contribution in [3.8, 4) is 0 Å². The Kier molecular flexibility index (Phi) is 6.06. The van der Waals surface area contributed by atoms with E-state index in [4.69, 9.17) is 5.73 Å². The number of benzene rings is 1. The number of imidazole rings is 1. The molecule has 1 unspecified atom stereocenters. The Labute approximate surface area is 176 Å². The van der Waals surface area contributed by atoms with E-state index in [9.17, 15) is 14.4 Å². The molecule has 2 amide bonds. The Morgan fingerprint density at radius 1 is 1.10 bits per heavy atom. The summed E-state index contributed by atoms with van der Waals surface area (Å²) in [7, 11) is 1.74. The highest BCUT2D eigenvalue weighted by atomic mass is 16.2. The predicted octanol–water partition coefficient (Wildman–Crippen LogP) is 0.921. The number of piperidine rings is 2. The molecule has 2 aliphatic heterocycles. The van der Waals surface area contributed by atoms with E-state index in [1.54, 1.807) is 11.6 Å². The molecule has 2 aliphatic rings. The fourth-order valence-electron chi connectivity index (χ4n) is 4.85. The van der Waals surface area contributed by atoms with E-state index in [-0.39, 0.29) is 18.0 Å². The number of fused-ring (bicyclic) bond motifs is 1. The van der Waals surface area contributed by atoms with Crippen LogP contribution in [0.3, 0.4) is 0 Å². The van der Waals surface area contributed by atoms with Gasteiger partial charge in [0.25, 0.3) is 0 Å². The number of hydrogen-bond acceptors (Lipinski definition) is 5. The first-order valence-electron chi connectivity index (χ1n) is 10.9. The minimum Gasteiger partial charge on any atom is -0.329 e. The molecule has 2 fully saturated rings. The highest BCUT2D eigenvalue weighted by Crippen LogP contribution is 2.26. The van der Waals surface area contributed by atoms with Crippen molar-refractivity contribution in [2.45, 2.75) is 44.6 Å². The summed E-state index contributed by atoms with van der Waals surface area (Å²) in [5.41, 5.74) is 8.23. The number of hydrogen-bond donors (Lipinski definition) is 2. The van der Waals surface area contributed by atoms with Gasteiger partial charge in [-0.25, -0.2) is 4.79 Å². The number of likely N-dealkylation sites (tertiary alicyclic amines) is 1. The van der Waals surface area contributed by atoms with Gasteiger partial charge in [-0.2, -0.15) is 0 Å². The zero-order valence-corrected chi connectivity index (χ0v) is 17.6. The van der Waals surface area contributed by atoms with Crippen molar-refractivity contribution < 1.29 is 9.59 Å². The summed E-state index contributed by atoms with van der Waals surface area (Å²) in [5, 5.41) is 2.35. The Morgan fingerprint density at radius 3 is 2.57 bits per heavy atom. The monoisotopic (exact) mass is 413 g/mol. The summed E-state index contributed by atoms with van der Waals surface area (Å²) in [5.74, 6) is 0.0539. The van der Waals surface area contributed by atoms with Crippen LogP contribution in [0.5, 0.6) is 0 Å². The number of amides is 2. The van der Waals surface area contributed by atoms with Crippen LogP contribution in [0.4, 0.5) is 0 Å². The van der Waals surface area contributed by atoms with E-state index in [0.29, 0.717) is 6.42 Å². The van der Waals surface area contributed by atoms with Gasteiger partial charge < -0.3 is 10.6 Å². The standard InChI is InChI=1S/C22H31N5O3/c1-25-19-14-16(3-2-15-8-11-26(12-9-15)13-10-23)4-5-17(19)27(22(25)30)18-6-7-20(28)24-21(18)29/h4-5,14-15,18H,2-3,6-13,23H2,1H3,(H,24,28,29). The zero-order valence-electron chi connectivity index (χ0n) is 17.6. The van der Waals surface area contributed by atoms with Crippen LogP contribution in [0.15, 0.2) is 23.0 Å². The maximum Gasteiger partial charge on any atom is 0.329 e. The molecule has 8 heteroatoms. The summed E-state index contributed by atoms with van der Waals surface area (Å²) in [6.45, 7) is 3.97. The van der Waals surface area contributed by atoms with Crippen LogP contribution in [-0.2, 0) is 23.1 Å². The van der Waals surface area contributed by atoms with Crippen molar-refractivity contribution >= 4 is 22.8 Å². The SMILES string of the molecule is Cn1c(=O)n(C2CCC(=O)NC2=O)c2ccc(CCC3CCN(CCN)CC3)cc21. The second-order valence-electron chi connectivity index (χ2n) is 8.61. The smallest absolute Gasteiger partial charge is 0.329 e.